The Bertz CT molecular complexity index is 951. The maximum atomic E-state index is 12.7. The SMILES string of the molecule is CCc1c(C(=O)NCCc2ccc(OC)c(OC)c2)cnn1Cc1ccccc1. The molecule has 1 N–H and O–H groups in total. The van der Waals surface area contributed by atoms with Gasteiger partial charge in [0.25, 0.3) is 5.91 Å². The number of ether oxygens (including phenoxy) is 2. The molecule has 0 saturated carbocycles. The van der Waals surface area contributed by atoms with E-state index < -0.39 is 0 Å². The maximum absolute atomic E-state index is 12.7. The molecule has 2 aromatic carbocycles. The quantitative estimate of drug-likeness (QED) is 0.604. The summed E-state index contributed by atoms with van der Waals surface area (Å²) in [6.45, 7) is 3.23. The van der Waals surface area contributed by atoms with Gasteiger partial charge < -0.3 is 14.8 Å². The fourth-order valence-electron chi connectivity index (χ4n) is 3.32. The van der Waals surface area contributed by atoms with Gasteiger partial charge in [-0.2, -0.15) is 5.10 Å². The first-order valence-corrected chi connectivity index (χ1v) is 9.74. The van der Waals surface area contributed by atoms with Crippen LogP contribution < -0.4 is 14.8 Å². The Kier molecular flexibility index (Phi) is 6.89. The van der Waals surface area contributed by atoms with Gasteiger partial charge in [-0.15, -0.1) is 0 Å². The zero-order valence-corrected chi connectivity index (χ0v) is 17.1. The Balaban J connectivity index is 1.62. The molecule has 152 valence electrons. The highest BCUT2D eigenvalue weighted by Crippen LogP contribution is 2.27. The summed E-state index contributed by atoms with van der Waals surface area (Å²) in [5.74, 6) is 1.28. The Morgan fingerprint density at radius 1 is 1.03 bits per heavy atom. The van der Waals surface area contributed by atoms with E-state index in [2.05, 4.69) is 22.5 Å². The number of carbonyl (C=O) groups is 1. The van der Waals surface area contributed by atoms with E-state index in [1.165, 1.54) is 0 Å². The Hall–Kier alpha value is -3.28. The Morgan fingerprint density at radius 3 is 2.48 bits per heavy atom. The van der Waals surface area contributed by atoms with Gasteiger partial charge in [0, 0.05) is 6.54 Å². The van der Waals surface area contributed by atoms with Crippen molar-refractivity contribution in [2.45, 2.75) is 26.3 Å². The second kappa shape index (κ2) is 9.78. The molecule has 0 aliphatic carbocycles. The molecule has 29 heavy (non-hydrogen) atoms. The Morgan fingerprint density at radius 2 is 1.79 bits per heavy atom. The largest absolute Gasteiger partial charge is 0.493 e. The van der Waals surface area contributed by atoms with Crippen molar-refractivity contribution in [3.05, 3.63) is 77.1 Å². The third-order valence-corrected chi connectivity index (χ3v) is 4.85. The van der Waals surface area contributed by atoms with Gasteiger partial charge in [-0.3, -0.25) is 9.48 Å². The average Bonchev–Trinajstić information content (AvgIpc) is 3.16. The molecule has 0 aliphatic heterocycles. The summed E-state index contributed by atoms with van der Waals surface area (Å²) < 4.78 is 12.5. The van der Waals surface area contributed by atoms with Gasteiger partial charge in [0.2, 0.25) is 0 Å². The molecular weight excluding hydrogens is 366 g/mol. The monoisotopic (exact) mass is 393 g/mol. The van der Waals surface area contributed by atoms with Crippen LogP contribution in [0.25, 0.3) is 0 Å². The molecule has 0 atom stereocenters. The number of carbonyl (C=O) groups excluding carboxylic acids is 1. The van der Waals surface area contributed by atoms with Gasteiger partial charge in [-0.05, 0) is 36.1 Å². The fraction of sp³-hybridized carbons (Fsp3) is 0.304. The van der Waals surface area contributed by atoms with Crippen molar-refractivity contribution in [2.75, 3.05) is 20.8 Å². The molecule has 0 unspecified atom stereocenters. The van der Waals surface area contributed by atoms with Crippen LogP contribution in [0.5, 0.6) is 11.5 Å². The van der Waals surface area contributed by atoms with Crippen molar-refractivity contribution in [3.8, 4) is 11.5 Å². The van der Waals surface area contributed by atoms with E-state index in [4.69, 9.17) is 9.47 Å². The zero-order valence-electron chi connectivity index (χ0n) is 17.1. The van der Waals surface area contributed by atoms with Gasteiger partial charge >= 0.3 is 0 Å². The zero-order chi connectivity index (χ0) is 20.6. The van der Waals surface area contributed by atoms with Crippen molar-refractivity contribution in [3.63, 3.8) is 0 Å². The molecule has 6 heteroatoms. The van der Waals surface area contributed by atoms with Crippen molar-refractivity contribution >= 4 is 5.91 Å². The number of hydrogen-bond acceptors (Lipinski definition) is 4. The third kappa shape index (κ3) is 4.96. The van der Waals surface area contributed by atoms with E-state index in [9.17, 15) is 4.79 Å². The molecule has 0 spiro atoms. The molecule has 3 rings (SSSR count). The summed E-state index contributed by atoms with van der Waals surface area (Å²) in [5, 5.41) is 7.44. The van der Waals surface area contributed by atoms with Gasteiger partial charge in [0.05, 0.1) is 38.2 Å². The second-order valence-electron chi connectivity index (χ2n) is 6.70. The molecule has 3 aromatic rings. The lowest BCUT2D eigenvalue weighted by Gasteiger charge is -2.11. The van der Waals surface area contributed by atoms with Gasteiger partial charge in [-0.25, -0.2) is 0 Å². The van der Waals surface area contributed by atoms with Crippen molar-refractivity contribution in [1.82, 2.24) is 15.1 Å². The number of amides is 1. The van der Waals surface area contributed by atoms with Crippen molar-refractivity contribution in [1.29, 1.82) is 0 Å². The highest BCUT2D eigenvalue weighted by molar-refractivity contribution is 5.95. The number of aromatic nitrogens is 2. The summed E-state index contributed by atoms with van der Waals surface area (Å²) in [6, 6.07) is 15.9. The molecule has 1 heterocycles. The van der Waals surface area contributed by atoms with Crippen LogP contribution in [-0.4, -0.2) is 36.5 Å². The first kappa shape index (κ1) is 20.5. The summed E-state index contributed by atoms with van der Waals surface area (Å²) in [5.41, 5.74) is 3.80. The predicted molar refractivity (Wildman–Crippen MR) is 113 cm³/mol. The summed E-state index contributed by atoms with van der Waals surface area (Å²) in [7, 11) is 3.23. The Labute approximate surface area is 171 Å². The first-order valence-electron chi connectivity index (χ1n) is 9.74. The standard InChI is InChI=1S/C23H27N3O3/c1-4-20-19(15-25-26(20)16-18-8-6-5-7-9-18)23(27)24-13-12-17-10-11-21(28-2)22(14-17)29-3/h5-11,14-15H,4,12-13,16H2,1-3H3,(H,24,27). The van der Waals surface area contributed by atoms with Crippen LogP contribution in [0.15, 0.2) is 54.7 Å². The predicted octanol–water partition coefficient (Wildman–Crippen LogP) is 3.48. The summed E-state index contributed by atoms with van der Waals surface area (Å²) in [4.78, 5) is 12.7. The molecule has 0 fully saturated rings. The second-order valence-corrected chi connectivity index (χ2v) is 6.70. The minimum Gasteiger partial charge on any atom is -0.493 e. The van der Waals surface area contributed by atoms with Gasteiger partial charge in [-0.1, -0.05) is 43.3 Å². The first-order chi connectivity index (χ1) is 14.2. The van der Waals surface area contributed by atoms with Crippen LogP contribution in [0.2, 0.25) is 0 Å². The highest BCUT2D eigenvalue weighted by atomic mass is 16.5. The lowest BCUT2D eigenvalue weighted by atomic mass is 10.1. The molecule has 1 amide bonds. The smallest absolute Gasteiger partial charge is 0.254 e. The summed E-state index contributed by atoms with van der Waals surface area (Å²) in [6.07, 6.45) is 3.10. The van der Waals surface area contributed by atoms with Crippen LogP contribution in [-0.2, 0) is 19.4 Å². The summed E-state index contributed by atoms with van der Waals surface area (Å²) >= 11 is 0. The van der Waals surface area contributed by atoms with Crippen LogP contribution in [0.3, 0.4) is 0 Å². The normalized spacial score (nSPS) is 10.6. The minimum atomic E-state index is -0.0957. The number of methoxy groups -OCH3 is 2. The molecule has 0 aliphatic rings. The lowest BCUT2D eigenvalue weighted by Crippen LogP contribution is -2.26. The van der Waals surface area contributed by atoms with Gasteiger partial charge in [0.1, 0.15) is 0 Å². The number of nitrogens with one attached hydrogen (secondary N) is 1. The van der Waals surface area contributed by atoms with Crippen LogP contribution in [0, 0.1) is 0 Å². The lowest BCUT2D eigenvalue weighted by molar-refractivity contribution is 0.0953. The van der Waals surface area contributed by atoms with E-state index in [0.29, 0.717) is 36.6 Å². The van der Waals surface area contributed by atoms with Crippen molar-refractivity contribution < 1.29 is 14.3 Å². The molecule has 0 radical (unpaired) electrons. The number of nitrogens with zero attached hydrogens (tertiary/aromatic N) is 2. The number of hydrogen-bond donors (Lipinski definition) is 1. The average molecular weight is 393 g/mol. The molecule has 0 saturated heterocycles. The van der Waals surface area contributed by atoms with Crippen LogP contribution in [0.1, 0.15) is 34.1 Å². The maximum Gasteiger partial charge on any atom is 0.254 e. The van der Waals surface area contributed by atoms with E-state index in [1.807, 2.05) is 48.0 Å². The van der Waals surface area contributed by atoms with E-state index >= 15 is 0 Å². The van der Waals surface area contributed by atoms with Crippen LogP contribution >= 0.6 is 0 Å². The van der Waals surface area contributed by atoms with E-state index in [-0.39, 0.29) is 5.91 Å². The van der Waals surface area contributed by atoms with E-state index in [1.54, 1.807) is 20.4 Å². The molecule has 6 nitrogen and oxygen atoms in total. The number of benzene rings is 2. The minimum absolute atomic E-state index is 0.0957. The van der Waals surface area contributed by atoms with Crippen LogP contribution in [0.4, 0.5) is 0 Å². The van der Waals surface area contributed by atoms with Gasteiger partial charge in [0.15, 0.2) is 11.5 Å². The topological polar surface area (TPSA) is 65.4 Å². The van der Waals surface area contributed by atoms with E-state index in [0.717, 1.165) is 23.2 Å². The molecule has 0 bridgehead atoms. The molecule has 1 aromatic heterocycles. The fourth-order valence-corrected chi connectivity index (χ4v) is 3.32. The number of rotatable bonds is 9. The molecular formula is C23H27N3O3. The highest BCUT2D eigenvalue weighted by Gasteiger charge is 2.16. The van der Waals surface area contributed by atoms with Crippen molar-refractivity contribution in [2.24, 2.45) is 0 Å². The third-order valence-electron chi connectivity index (χ3n) is 4.85.